The SMILES string of the molecule is C=CCNC(=O)NC(=O)CN(CCC)CC(=O)Nc1ccccc1C. The van der Waals surface area contributed by atoms with Crippen molar-refractivity contribution in [3.63, 3.8) is 0 Å². The molecule has 0 saturated heterocycles. The molecule has 0 saturated carbocycles. The number of anilines is 1. The number of aryl methyl sites for hydroxylation is 1. The molecule has 7 heteroatoms. The van der Waals surface area contributed by atoms with E-state index in [0.717, 1.165) is 17.7 Å². The summed E-state index contributed by atoms with van der Waals surface area (Å²) in [7, 11) is 0. The molecule has 0 aliphatic rings. The fourth-order valence-corrected chi connectivity index (χ4v) is 2.21. The van der Waals surface area contributed by atoms with Crippen LogP contribution in [0.15, 0.2) is 36.9 Å². The van der Waals surface area contributed by atoms with Gasteiger partial charge in [0, 0.05) is 12.2 Å². The molecule has 3 N–H and O–H groups in total. The average Bonchev–Trinajstić information content (AvgIpc) is 2.55. The number of hydrogen-bond acceptors (Lipinski definition) is 4. The summed E-state index contributed by atoms with van der Waals surface area (Å²) in [4.78, 5) is 37.3. The molecule has 25 heavy (non-hydrogen) atoms. The molecular weight excluding hydrogens is 320 g/mol. The minimum Gasteiger partial charge on any atom is -0.334 e. The number of imide groups is 1. The lowest BCUT2D eigenvalue weighted by Gasteiger charge is -2.20. The van der Waals surface area contributed by atoms with Gasteiger partial charge in [-0.1, -0.05) is 31.2 Å². The van der Waals surface area contributed by atoms with Crippen molar-refractivity contribution in [1.29, 1.82) is 0 Å². The molecule has 1 aromatic rings. The van der Waals surface area contributed by atoms with Gasteiger partial charge in [-0.25, -0.2) is 4.79 Å². The molecule has 4 amide bonds. The van der Waals surface area contributed by atoms with Crippen molar-refractivity contribution in [2.45, 2.75) is 20.3 Å². The summed E-state index contributed by atoms with van der Waals surface area (Å²) in [6, 6.07) is 6.91. The Balaban J connectivity index is 2.53. The molecule has 0 aromatic heterocycles. The molecule has 0 bridgehead atoms. The Bertz CT molecular complexity index is 616. The zero-order valence-corrected chi connectivity index (χ0v) is 14.8. The molecular formula is C18H26N4O3. The van der Waals surface area contributed by atoms with Crippen LogP contribution in [0.2, 0.25) is 0 Å². The van der Waals surface area contributed by atoms with Gasteiger partial charge in [0.1, 0.15) is 0 Å². The van der Waals surface area contributed by atoms with Gasteiger partial charge in [0.25, 0.3) is 0 Å². The molecule has 0 heterocycles. The van der Waals surface area contributed by atoms with Crippen LogP contribution in [-0.4, -0.2) is 48.9 Å². The monoisotopic (exact) mass is 346 g/mol. The van der Waals surface area contributed by atoms with Gasteiger partial charge in [-0.05, 0) is 31.5 Å². The van der Waals surface area contributed by atoms with E-state index in [1.807, 2.05) is 38.1 Å². The molecule has 136 valence electrons. The van der Waals surface area contributed by atoms with Crippen LogP contribution in [0, 0.1) is 6.92 Å². The summed E-state index contributed by atoms with van der Waals surface area (Å²) < 4.78 is 0. The highest BCUT2D eigenvalue weighted by molar-refractivity contribution is 5.96. The van der Waals surface area contributed by atoms with Crippen molar-refractivity contribution in [2.24, 2.45) is 0 Å². The number of hydrogen-bond donors (Lipinski definition) is 3. The zero-order chi connectivity index (χ0) is 18.7. The minimum atomic E-state index is -0.578. The molecule has 0 fully saturated rings. The third-order valence-electron chi connectivity index (χ3n) is 3.35. The Morgan fingerprint density at radius 2 is 1.84 bits per heavy atom. The van der Waals surface area contributed by atoms with Gasteiger partial charge in [-0.3, -0.25) is 19.8 Å². The largest absolute Gasteiger partial charge is 0.334 e. The smallest absolute Gasteiger partial charge is 0.321 e. The van der Waals surface area contributed by atoms with Gasteiger partial charge in [0.2, 0.25) is 11.8 Å². The van der Waals surface area contributed by atoms with Gasteiger partial charge >= 0.3 is 6.03 Å². The van der Waals surface area contributed by atoms with Crippen LogP contribution in [0.4, 0.5) is 10.5 Å². The molecule has 0 aliphatic carbocycles. The Labute approximate surface area is 148 Å². The number of para-hydroxylation sites is 1. The number of benzene rings is 1. The van der Waals surface area contributed by atoms with E-state index in [1.165, 1.54) is 6.08 Å². The Morgan fingerprint density at radius 1 is 1.16 bits per heavy atom. The van der Waals surface area contributed by atoms with Crippen molar-refractivity contribution in [1.82, 2.24) is 15.5 Å². The number of nitrogens with one attached hydrogen (secondary N) is 3. The number of carbonyl (C=O) groups is 3. The highest BCUT2D eigenvalue weighted by Crippen LogP contribution is 2.12. The zero-order valence-electron chi connectivity index (χ0n) is 14.8. The van der Waals surface area contributed by atoms with Gasteiger partial charge in [0.05, 0.1) is 13.1 Å². The second-order valence-corrected chi connectivity index (χ2v) is 5.62. The van der Waals surface area contributed by atoms with Crippen LogP contribution >= 0.6 is 0 Å². The minimum absolute atomic E-state index is 0.0312. The molecule has 1 aromatic carbocycles. The highest BCUT2D eigenvalue weighted by atomic mass is 16.2. The van der Waals surface area contributed by atoms with E-state index in [1.54, 1.807) is 4.90 Å². The third kappa shape index (κ3) is 8.12. The normalized spacial score (nSPS) is 10.2. The molecule has 0 radical (unpaired) electrons. The number of rotatable bonds is 9. The molecule has 0 spiro atoms. The van der Waals surface area contributed by atoms with E-state index < -0.39 is 11.9 Å². The predicted octanol–water partition coefficient (Wildman–Crippen LogP) is 1.66. The van der Waals surface area contributed by atoms with Crippen molar-refractivity contribution >= 4 is 23.5 Å². The number of urea groups is 1. The first-order chi connectivity index (χ1) is 12.0. The molecule has 7 nitrogen and oxygen atoms in total. The van der Waals surface area contributed by atoms with Crippen LogP contribution < -0.4 is 16.0 Å². The van der Waals surface area contributed by atoms with E-state index in [2.05, 4.69) is 22.5 Å². The maximum atomic E-state index is 12.2. The highest BCUT2D eigenvalue weighted by Gasteiger charge is 2.16. The lowest BCUT2D eigenvalue weighted by molar-refractivity contribution is -0.122. The van der Waals surface area contributed by atoms with Crippen LogP contribution in [-0.2, 0) is 9.59 Å². The number of carbonyl (C=O) groups excluding carboxylic acids is 3. The van der Waals surface area contributed by atoms with Gasteiger partial charge in [-0.2, -0.15) is 0 Å². The number of nitrogens with zero attached hydrogens (tertiary/aromatic N) is 1. The Kier molecular flexibility index (Phi) is 8.95. The summed E-state index contributed by atoms with van der Waals surface area (Å²) in [6.45, 7) is 8.24. The van der Waals surface area contributed by atoms with E-state index in [9.17, 15) is 14.4 Å². The molecule has 0 aliphatic heterocycles. The first-order valence-corrected chi connectivity index (χ1v) is 8.22. The Morgan fingerprint density at radius 3 is 2.48 bits per heavy atom. The van der Waals surface area contributed by atoms with E-state index in [0.29, 0.717) is 6.54 Å². The predicted molar refractivity (Wildman–Crippen MR) is 98.3 cm³/mol. The first kappa shape index (κ1) is 20.4. The van der Waals surface area contributed by atoms with Crippen molar-refractivity contribution in [2.75, 3.05) is 31.5 Å². The first-order valence-electron chi connectivity index (χ1n) is 8.22. The molecule has 0 unspecified atom stereocenters. The standard InChI is InChI=1S/C18H26N4O3/c1-4-10-19-18(25)21-17(24)13-22(11-5-2)12-16(23)20-15-9-7-6-8-14(15)3/h4,6-9H,1,5,10-13H2,2-3H3,(H,20,23)(H2,19,21,24,25). The van der Waals surface area contributed by atoms with Gasteiger partial charge in [-0.15, -0.1) is 6.58 Å². The maximum Gasteiger partial charge on any atom is 0.321 e. The topological polar surface area (TPSA) is 90.5 Å². The lowest BCUT2D eigenvalue weighted by atomic mass is 10.2. The fourth-order valence-electron chi connectivity index (χ4n) is 2.21. The van der Waals surface area contributed by atoms with Gasteiger partial charge in [0.15, 0.2) is 0 Å². The van der Waals surface area contributed by atoms with Crippen LogP contribution in [0.3, 0.4) is 0 Å². The van der Waals surface area contributed by atoms with E-state index >= 15 is 0 Å². The quantitative estimate of drug-likeness (QED) is 0.593. The Hall–Kier alpha value is -2.67. The fraction of sp³-hybridized carbons (Fsp3) is 0.389. The second-order valence-electron chi connectivity index (χ2n) is 5.62. The van der Waals surface area contributed by atoms with Crippen molar-refractivity contribution in [3.05, 3.63) is 42.5 Å². The van der Waals surface area contributed by atoms with E-state index in [-0.39, 0.29) is 25.5 Å². The lowest BCUT2D eigenvalue weighted by Crippen LogP contribution is -2.46. The summed E-state index contributed by atoms with van der Waals surface area (Å²) in [6.07, 6.45) is 2.30. The van der Waals surface area contributed by atoms with Crippen LogP contribution in [0.5, 0.6) is 0 Å². The number of amides is 4. The summed E-state index contributed by atoms with van der Waals surface area (Å²) in [5.41, 5.74) is 1.71. The second kappa shape index (κ2) is 11.0. The van der Waals surface area contributed by atoms with Gasteiger partial charge < -0.3 is 10.6 Å². The van der Waals surface area contributed by atoms with Crippen LogP contribution in [0.1, 0.15) is 18.9 Å². The average molecular weight is 346 g/mol. The summed E-state index contributed by atoms with van der Waals surface area (Å²) in [5, 5.41) is 7.53. The summed E-state index contributed by atoms with van der Waals surface area (Å²) in [5.74, 6) is -0.662. The molecule has 0 atom stereocenters. The van der Waals surface area contributed by atoms with Crippen molar-refractivity contribution < 1.29 is 14.4 Å². The van der Waals surface area contributed by atoms with Crippen molar-refractivity contribution in [3.8, 4) is 0 Å². The van der Waals surface area contributed by atoms with E-state index in [4.69, 9.17) is 0 Å². The summed E-state index contributed by atoms with van der Waals surface area (Å²) >= 11 is 0. The third-order valence-corrected chi connectivity index (χ3v) is 3.35. The maximum absolute atomic E-state index is 12.2. The molecule has 1 rings (SSSR count). The van der Waals surface area contributed by atoms with Crippen LogP contribution in [0.25, 0.3) is 0 Å².